The van der Waals surface area contributed by atoms with Crippen LogP contribution < -0.4 is 4.74 Å². The molecule has 1 aliphatic heterocycles. The van der Waals surface area contributed by atoms with Gasteiger partial charge in [0.1, 0.15) is 5.75 Å². The smallest absolute Gasteiger partial charge is 0.227 e. The lowest BCUT2D eigenvalue weighted by Gasteiger charge is -2.32. The molecule has 30 heavy (non-hydrogen) atoms. The van der Waals surface area contributed by atoms with Gasteiger partial charge in [-0.1, -0.05) is 24.3 Å². The second-order valence-electron chi connectivity index (χ2n) is 7.80. The van der Waals surface area contributed by atoms with E-state index in [1.807, 2.05) is 35.2 Å². The molecule has 2 aromatic heterocycles. The third kappa shape index (κ3) is 5.03. The van der Waals surface area contributed by atoms with Crippen LogP contribution in [0.25, 0.3) is 0 Å². The molecule has 1 atom stereocenters. The number of nitrogens with zero attached hydrogens (tertiary/aromatic N) is 3. The van der Waals surface area contributed by atoms with Crippen LogP contribution in [0.2, 0.25) is 0 Å². The summed E-state index contributed by atoms with van der Waals surface area (Å²) in [6, 6.07) is 18.2. The van der Waals surface area contributed by atoms with E-state index in [1.165, 1.54) is 5.56 Å². The van der Waals surface area contributed by atoms with Crippen LogP contribution in [-0.2, 0) is 17.6 Å². The third-order valence-corrected chi connectivity index (χ3v) is 5.62. The van der Waals surface area contributed by atoms with Crippen molar-refractivity contribution in [2.45, 2.75) is 31.6 Å². The van der Waals surface area contributed by atoms with Crippen molar-refractivity contribution in [3.8, 4) is 5.75 Å². The number of hydrogen-bond donors (Lipinski definition) is 0. The van der Waals surface area contributed by atoms with Crippen LogP contribution in [0.15, 0.2) is 67.0 Å². The number of ether oxygens (including phenoxy) is 1. The molecule has 0 N–H and O–H groups in total. The lowest BCUT2D eigenvalue weighted by atomic mass is 9.93. The van der Waals surface area contributed by atoms with Gasteiger partial charge in [-0.3, -0.25) is 14.8 Å². The Balaban J connectivity index is 1.43. The van der Waals surface area contributed by atoms with Crippen molar-refractivity contribution in [1.29, 1.82) is 0 Å². The Labute approximate surface area is 177 Å². The lowest BCUT2D eigenvalue weighted by Crippen LogP contribution is -2.40. The number of piperidine rings is 1. The molecule has 0 saturated carbocycles. The van der Waals surface area contributed by atoms with Gasteiger partial charge in [0.05, 0.1) is 13.5 Å². The summed E-state index contributed by atoms with van der Waals surface area (Å²) in [6.45, 7) is 1.55. The van der Waals surface area contributed by atoms with Gasteiger partial charge in [0.25, 0.3) is 0 Å². The highest BCUT2D eigenvalue weighted by molar-refractivity contribution is 5.78. The summed E-state index contributed by atoms with van der Waals surface area (Å²) in [5, 5.41) is 0. The topological polar surface area (TPSA) is 55.3 Å². The van der Waals surface area contributed by atoms with E-state index >= 15 is 0 Å². The van der Waals surface area contributed by atoms with E-state index in [2.05, 4.69) is 29.2 Å². The van der Waals surface area contributed by atoms with Crippen LogP contribution in [0, 0.1) is 0 Å². The first kappa shape index (κ1) is 20.1. The van der Waals surface area contributed by atoms with Crippen LogP contribution in [0.4, 0.5) is 0 Å². The number of carbonyl (C=O) groups is 1. The molecule has 1 amide bonds. The molecule has 1 aromatic carbocycles. The first-order valence-electron chi connectivity index (χ1n) is 10.5. The molecule has 0 unspecified atom stereocenters. The van der Waals surface area contributed by atoms with Crippen LogP contribution >= 0.6 is 0 Å². The van der Waals surface area contributed by atoms with Gasteiger partial charge in [0.2, 0.25) is 5.91 Å². The van der Waals surface area contributed by atoms with Gasteiger partial charge in [-0.2, -0.15) is 0 Å². The molecular formula is C25H27N3O2. The normalized spacial score (nSPS) is 16.3. The molecule has 1 saturated heterocycles. The highest BCUT2D eigenvalue weighted by Gasteiger charge is 2.25. The van der Waals surface area contributed by atoms with E-state index in [0.29, 0.717) is 6.42 Å². The number of rotatable bonds is 6. The fourth-order valence-corrected chi connectivity index (χ4v) is 4.05. The van der Waals surface area contributed by atoms with Gasteiger partial charge in [0.15, 0.2) is 0 Å². The van der Waals surface area contributed by atoms with Crippen molar-refractivity contribution in [3.63, 3.8) is 0 Å². The van der Waals surface area contributed by atoms with Crippen LogP contribution in [0.3, 0.4) is 0 Å². The van der Waals surface area contributed by atoms with Gasteiger partial charge in [0, 0.05) is 49.2 Å². The maximum Gasteiger partial charge on any atom is 0.227 e. The zero-order chi connectivity index (χ0) is 20.8. The predicted molar refractivity (Wildman–Crippen MR) is 117 cm³/mol. The monoisotopic (exact) mass is 401 g/mol. The number of hydrogen-bond acceptors (Lipinski definition) is 4. The first-order chi connectivity index (χ1) is 14.7. The van der Waals surface area contributed by atoms with Gasteiger partial charge in [-0.25, -0.2) is 0 Å². The minimum atomic E-state index is 0.167. The summed E-state index contributed by atoms with van der Waals surface area (Å²) in [5.74, 6) is 1.31. The Kier molecular flexibility index (Phi) is 6.38. The number of aromatic nitrogens is 2. The SMILES string of the molecule is COc1cccc(Cc2cccc([C@H]3CCCN(C(=O)Cc4cccnc4)C3)n2)c1. The van der Waals surface area contributed by atoms with Gasteiger partial charge >= 0.3 is 0 Å². The van der Waals surface area contributed by atoms with E-state index in [1.54, 1.807) is 19.5 Å². The number of benzene rings is 1. The average molecular weight is 402 g/mol. The minimum absolute atomic E-state index is 0.167. The molecule has 1 aliphatic rings. The molecule has 3 heterocycles. The lowest BCUT2D eigenvalue weighted by molar-refractivity contribution is -0.131. The molecule has 1 fully saturated rings. The molecule has 154 valence electrons. The Bertz CT molecular complexity index is 990. The van der Waals surface area contributed by atoms with E-state index in [-0.39, 0.29) is 11.8 Å². The summed E-state index contributed by atoms with van der Waals surface area (Å²) in [6.07, 6.45) is 6.74. The Morgan fingerprint density at radius 3 is 2.83 bits per heavy atom. The maximum absolute atomic E-state index is 12.8. The van der Waals surface area contributed by atoms with E-state index in [0.717, 1.165) is 55.1 Å². The van der Waals surface area contributed by atoms with E-state index < -0.39 is 0 Å². The molecule has 4 rings (SSSR count). The summed E-state index contributed by atoms with van der Waals surface area (Å²) in [5.41, 5.74) is 4.26. The van der Waals surface area contributed by atoms with Crippen molar-refractivity contribution in [3.05, 3.63) is 89.5 Å². The minimum Gasteiger partial charge on any atom is -0.497 e. The predicted octanol–water partition coefficient (Wildman–Crippen LogP) is 4.02. The number of methoxy groups -OCH3 is 1. The van der Waals surface area contributed by atoms with Gasteiger partial charge in [-0.05, 0) is 54.3 Å². The number of likely N-dealkylation sites (tertiary alicyclic amines) is 1. The zero-order valence-electron chi connectivity index (χ0n) is 17.3. The summed E-state index contributed by atoms with van der Waals surface area (Å²) >= 11 is 0. The summed E-state index contributed by atoms with van der Waals surface area (Å²) < 4.78 is 5.33. The molecule has 5 nitrogen and oxygen atoms in total. The molecule has 5 heteroatoms. The third-order valence-electron chi connectivity index (χ3n) is 5.62. The van der Waals surface area contributed by atoms with Crippen molar-refractivity contribution >= 4 is 5.91 Å². The van der Waals surface area contributed by atoms with Crippen LogP contribution in [0.5, 0.6) is 5.75 Å². The summed E-state index contributed by atoms with van der Waals surface area (Å²) in [4.78, 5) is 23.8. The van der Waals surface area contributed by atoms with Crippen molar-refractivity contribution in [2.24, 2.45) is 0 Å². The molecule has 0 radical (unpaired) electrons. The van der Waals surface area contributed by atoms with Gasteiger partial charge in [-0.15, -0.1) is 0 Å². The van der Waals surface area contributed by atoms with Crippen molar-refractivity contribution in [2.75, 3.05) is 20.2 Å². The second kappa shape index (κ2) is 9.53. The van der Waals surface area contributed by atoms with Crippen LogP contribution in [0.1, 0.15) is 41.3 Å². The Morgan fingerprint density at radius 1 is 1.13 bits per heavy atom. The Morgan fingerprint density at radius 2 is 2.00 bits per heavy atom. The van der Waals surface area contributed by atoms with E-state index in [4.69, 9.17) is 9.72 Å². The molecule has 3 aromatic rings. The number of carbonyl (C=O) groups excluding carboxylic acids is 1. The highest BCUT2D eigenvalue weighted by atomic mass is 16.5. The molecule has 0 bridgehead atoms. The second-order valence-corrected chi connectivity index (χ2v) is 7.80. The molecule has 0 aliphatic carbocycles. The van der Waals surface area contributed by atoms with Crippen molar-refractivity contribution in [1.82, 2.24) is 14.9 Å². The number of pyridine rings is 2. The zero-order valence-corrected chi connectivity index (χ0v) is 17.3. The fraction of sp³-hybridized carbons (Fsp3) is 0.320. The standard InChI is InChI=1S/C25H27N3O2/c1-30-23-10-2-6-19(15-23)14-22-9-3-11-24(27-22)21-8-5-13-28(18-21)25(29)16-20-7-4-12-26-17-20/h2-4,6-7,9-12,15,17,21H,5,8,13-14,16,18H2,1H3/t21-/m0/s1. The fourth-order valence-electron chi connectivity index (χ4n) is 4.05. The quantitative estimate of drug-likeness (QED) is 0.626. The van der Waals surface area contributed by atoms with Crippen LogP contribution in [-0.4, -0.2) is 41.0 Å². The summed E-state index contributed by atoms with van der Waals surface area (Å²) in [7, 11) is 1.68. The highest BCUT2D eigenvalue weighted by Crippen LogP contribution is 2.27. The maximum atomic E-state index is 12.8. The average Bonchev–Trinajstić information content (AvgIpc) is 2.80. The van der Waals surface area contributed by atoms with Gasteiger partial charge < -0.3 is 9.64 Å². The van der Waals surface area contributed by atoms with Crippen molar-refractivity contribution < 1.29 is 9.53 Å². The van der Waals surface area contributed by atoms with E-state index in [9.17, 15) is 4.79 Å². The molecular weight excluding hydrogens is 374 g/mol. The first-order valence-corrected chi connectivity index (χ1v) is 10.5. The molecule has 0 spiro atoms. The number of amides is 1. The largest absolute Gasteiger partial charge is 0.497 e. The Hall–Kier alpha value is -3.21.